The molecule has 3 aromatic carbocycles. The van der Waals surface area contributed by atoms with Gasteiger partial charge in [-0.3, -0.25) is 6.08 Å². The average molecular weight is 676 g/mol. The van der Waals surface area contributed by atoms with Gasteiger partial charge in [-0.2, -0.15) is 11.1 Å². The molecule has 41 heavy (non-hydrogen) atoms. The van der Waals surface area contributed by atoms with Gasteiger partial charge in [0, 0.05) is 0 Å². The third-order valence-corrected chi connectivity index (χ3v) is 17.3. The van der Waals surface area contributed by atoms with Gasteiger partial charge in [-0.25, -0.2) is 5.57 Å². The van der Waals surface area contributed by atoms with Crippen molar-refractivity contribution >= 4 is 36.9 Å². The number of benzene rings is 3. The molecule has 0 aromatic heterocycles. The van der Waals surface area contributed by atoms with Gasteiger partial charge in [0.2, 0.25) is 0 Å². The zero-order valence-corrected chi connectivity index (χ0v) is 32.7. The van der Waals surface area contributed by atoms with Gasteiger partial charge in [0.05, 0.1) is 8.07 Å². The van der Waals surface area contributed by atoms with Crippen molar-refractivity contribution in [1.82, 2.24) is 0 Å². The van der Waals surface area contributed by atoms with Crippen LogP contribution in [0.4, 0.5) is 0 Å². The van der Waals surface area contributed by atoms with Crippen LogP contribution in [0.5, 0.6) is 0 Å². The third-order valence-electron chi connectivity index (χ3n) is 9.46. The minimum Gasteiger partial charge on any atom is -1.00 e. The Labute approximate surface area is 286 Å². The van der Waals surface area contributed by atoms with Crippen LogP contribution in [0.25, 0.3) is 0 Å². The van der Waals surface area contributed by atoms with Crippen molar-refractivity contribution in [3.05, 3.63) is 105 Å². The van der Waals surface area contributed by atoms with Crippen molar-refractivity contribution in [2.24, 2.45) is 0 Å². The largest absolute Gasteiger partial charge is 4.00 e. The van der Waals surface area contributed by atoms with E-state index in [1.807, 2.05) is 0 Å². The normalized spacial score (nSPS) is 16.6. The molecule has 0 saturated heterocycles. The van der Waals surface area contributed by atoms with Crippen LogP contribution in [0, 0.1) is 40.7 Å². The van der Waals surface area contributed by atoms with Crippen molar-refractivity contribution in [2.75, 3.05) is 0 Å². The van der Waals surface area contributed by atoms with Crippen molar-refractivity contribution in [2.45, 2.75) is 87.0 Å². The first kappa shape index (κ1) is 40.2. The molecule has 0 fully saturated rings. The number of halogens is 3. The predicted molar refractivity (Wildman–Crippen MR) is 170 cm³/mol. The summed E-state index contributed by atoms with van der Waals surface area (Å²) in [5, 5.41) is 5.94. The second-order valence-corrected chi connectivity index (χ2v) is 21.9. The minimum atomic E-state index is -2.72. The molecule has 0 amide bonds. The van der Waals surface area contributed by atoms with Gasteiger partial charge >= 0.3 is 21.7 Å². The number of allylic oxidation sites excluding steroid dienone is 4. The van der Waals surface area contributed by atoms with Crippen LogP contribution >= 0.6 is 0 Å². The Morgan fingerprint density at radius 1 is 0.634 bits per heavy atom. The topological polar surface area (TPSA) is 0 Å². The van der Waals surface area contributed by atoms with E-state index in [2.05, 4.69) is 143 Å². The number of hydrogen-bond donors (Lipinski definition) is 0. The van der Waals surface area contributed by atoms with Crippen molar-refractivity contribution < 1.29 is 58.9 Å². The van der Waals surface area contributed by atoms with E-state index in [-0.39, 0.29) is 64.0 Å². The fraction of sp³-hybridized carbons (Fsp3) is 0.371. The molecule has 6 heteroatoms. The summed E-state index contributed by atoms with van der Waals surface area (Å²) < 4.78 is 0. The Kier molecular flexibility index (Phi) is 14.0. The number of hydrogen-bond acceptors (Lipinski definition) is 0. The van der Waals surface area contributed by atoms with E-state index in [1.54, 1.807) is 5.19 Å². The summed E-state index contributed by atoms with van der Waals surface area (Å²) in [5.74, 6) is 0. The summed E-state index contributed by atoms with van der Waals surface area (Å²) in [4.78, 5) is 0. The first-order valence-electron chi connectivity index (χ1n) is 13.7. The molecule has 1 aliphatic carbocycles. The summed E-state index contributed by atoms with van der Waals surface area (Å²) in [6.07, 6.45) is 4.15. The Bertz CT molecular complexity index is 1420. The summed E-state index contributed by atoms with van der Waals surface area (Å²) in [5.41, 5.74) is 11.2. The van der Waals surface area contributed by atoms with Crippen molar-refractivity contribution in [3.63, 3.8) is 0 Å². The average Bonchev–Trinajstić information content (AvgIpc) is 3.02. The van der Waals surface area contributed by atoms with Gasteiger partial charge in [-0.15, -0.1) is 6.92 Å². The molecular weight excluding hydrogens is 631 g/mol. The zero-order chi connectivity index (χ0) is 27.5. The maximum atomic E-state index is 4.15. The molecule has 1 atom stereocenters. The minimum absolute atomic E-state index is 0. The van der Waals surface area contributed by atoms with Gasteiger partial charge < -0.3 is 37.2 Å². The molecule has 218 valence electrons. The van der Waals surface area contributed by atoms with Crippen LogP contribution in [0.3, 0.4) is 0 Å². The Hall–Kier alpha value is -0.842. The molecule has 1 aliphatic rings. The van der Waals surface area contributed by atoms with Gasteiger partial charge in [-0.1, -0.05) is 111 Å². The van der Waals surface area contributed by atoms with E-state index in [1.165, 1.54) is 60.1 Å². The number of rotatable bonds is 5. The van der Waals surface area contributed by atoms with Gasteiger partial charge in [-0.05, 0) is 72.4 Å². The maximum Gasteiger partial charge on any atom is 4.00 e. The molecular formula is C35H45Cl3Si2Ti. The molecule has 0 heterocycles. The Morgan fingerprint density at radius 3 is 1.46 bits per heavy atom. The van der Waals surface area contributed by atoms with E-state index in [9.17, 15) is 0 Å². The molecule has 0 bridgehead atoms. The first-order chi connectivity index (χ1) is 17.2. The molecule has 0 aliphatic heterocycles. The fourth-order valence-electron chi connectivity index (χ4n) is 6.62. The molecule has 0 saturated carbocycles. The monoisotopic (exact) mass is 674 g/mol. The maximum absolute atomic E-state index is 4.15. The quantitative estimate of drug-likeness (QED) is 0.169. The Morgan fingerprint density at radius 2 is 1.07 bits per heavy atom. The van der Waals surface area contributed by atoms with Gasteiger partial charge in [0.15, 0.2) is 0 Å². The SMILES string of the molecule is CC1=[C-]C(C)([Si](c2cc(C)cc([Si](C)(C)C)c2)(c2cccc(C)c2C)c2cccc(C)c2C)C(C)=C1C.[Cl-].[Cl-].[Cl-].[Ti+4]. The number of aryl methyl sites for hydroxylation is 3. The second-order valence-electron chi connectivity index (χ2n) is 12.7. The summed E-state index contributed by atoms with van der Waals surface area (Å²) >= 11 is 0. The molecule has 3 aromatic rings. The van der Waals surface area contributed by atoms with Crippen LogP contribution < -0.4 is 58.0 Å². The van der Waals surface area contributed by atoms with Gasteiger partial charge in [0.1, 0.15) is 8.07 Å². The van der Waals surface area contributed by atoms with Crippen LogP contribution in [0.15, 0.2) is 71.3 Å². The van der Waals surface area contributed by atoms with Gasteiger partial charge in [0.25, 0.3) is 0 Å². The summed E-state index contributed by atoms with van der Waals surface area (Å²) in [7, 11) is -4.27. The standard InChI is InChI=1S/C35H45Si2.3ClH.Ti/c1-23-19-31(36(10,11)12)21-32(20-23)37(33-17-13-15-24(2)28(33)6,34-18-14-16-25(3)29(34)7)35(9)22-26(4)27(5)30(35)8;;;;/h13-21H,1-12H3;3*1H;/q-1;;;;+4/p-3. The molecule has 4 rings (SSSR count). The van der Waals surface area contributed by atoms with Crippen LogP contribution in [-0.2, 0) is 21.7 Å². The van der Waals surface area contributed by atoms with Crippen LogP contribution in [0.1, 0.15) is 55.5 Å². The molecule has 0 radical (unpaired) electrons. The smallest absolute Gasteiger partial charge is 1.00 e. The van der Waals surface area contributed by atoms with Crippen molar-refractivity contribution in [3.8, 4) is 0 Å². The third kappa shape index (κ3) is 6.51. The second kappa shape index (κ2) is 14.3. The van der Waals surface area contributed by atoms with E-state index in [0.29, 0.717) is 0 Å². The van der Waals surface area contributed by atoms with E-state index >= 15 is 0 Å². The van der Waals surface area contributed by atoms with Crippen LogP contribution in [-0.4, -0.2) is 16.1 Å². The summed E-state index contributed by atoms with van der Waals surface area (Å²) in [6, 6.07) is 21.7. The predicted octanol–water partition coefficient (Wildman–Crippen LogP) is -1.89. The molecule has 0 spiro atoms. The molecule has 1 unspecified atom stereocenters. The zero-order valence-electron chi connectivity index (χ0n) is 26.8. The molecule has 0 nitrogen and oxygen atoms in total. The van der Waals surface area contributed by atoms with E-state index in [4.69, 9.17) is 0 Å². The van der Waals surface area contributed by atoms with E-state index in [0.717, 1.165) is 0 Å². The van der Waals surface area contributed by atoms with E-state index < -0.39 is 16.1 Å². The van der Waals surface area contributed by atoms with Crippen LogP contribution in [0.2, 0.25) is 24.7 Å². The molecule has 0 N–H and O–H groups in total. The Balaban J connectivity index is 0.00000400. The fourth-order valence-corrected chi connectivity index (χ4v) is 14.7. The summed E-state index contributed by atoms with van der Waals surface area (Å²) in [6.45, 7) is 28.5. The first-order valence-corrected chi connectivity index (χ1v) is 19.2. The van der Waals surface area contributed by atoms with Crippen molar-refractivity contribution in [1.29, 1.82) is 0 Å².